The fourth-order valence-electron chi connectivity index (χ4n) is 3.77. The zero-order valence-corrected chi connectivity index (χ0v) is 24.0. The molecular weight excluding hydrogens is 515 g/mol. The fraction of sp³-hybridized carbons (Fsp3) is 0.321. The van der Waals surface area contributed by atoms with Crippen LogP contribution in [0.5, 0.6) is 0 Å². The summed E-state index contributed by atoms with van der Waals surface area (Å²) >= 11 is 0. The van der Waals surface area contributed by atoms with Crippen LogP contribution in [0.2, 0.25) is 0 Å². The van der Waals surface area contributed by atoms with Crippen molar-refractivity contribution in [1.82, 2.24) is 0 Å². The van der Waals surface area contributed by atoms with Gasteiger partial charge in [0.05, 0.1) is 0 Å². The normalized spacial score (nSPS) is 12.3. The molecule has 0 aromatic heterocycles. The topological polar surface area (TPSA) is 0 Å². The van der Waals surface area contributed by atoms with Crippen LogP contribution in [0.15, 0.2) is 54.6 Å². The third-order valence-electron chi connectivity index (χ3n) is 4.70. The molecule has 0 spiro atoms. The Kier molecular flexibility index (Phi) is 18.3. The van der Waals surface area contributed by atoms with Gasteiger partial charge in [0.1, 0.15) is 0 Å². The number of hydrogen-bond acceptors (Lipinski definition) is 0. The van der Waals surface area contributed by atoms with Gasteiger partial charge in [-0.15, -0.1) is 34.5 Å². The Balaban J connectivity index is -0.000000253. The smallest absolute Gasteiger partial charge is 0 e. The van der Waals surface area contributed by atoms with E-state index in [0.717, 1.165) is 5.92 Å². The molecule has 0 nitrogen and oxygen atoms in total. The summed E-state index contributed by atoms with van der Waals surface area (Å²) in [7, 11) is 0. The van der Waals surface area contributed by atoms with E-state index in [2.05, 4.69) is 52.0 Å². The molecule has 1 aliphatic carbocycles. The van der Waals surface area contributed by atoms with Crippen LogP contribution in [0.1, 0.15) is 44.4 Å². The zero-order chi connectivity index (χ0) is 16.4. The Morgan fingerprint density at radius 1 is 0.931 bits per heavy atom. The quantitative estimate of drug-likeness (QED) is 0.219. The van der Waals surface area contributed by atoms with Crippen LogP contribution in [0.4, 0.5) is 0 Å². The molecule has 0 fully saturated rings. The van der Waals surface area contributed by atoms with Crippen LogP contribution < -0.4 is 0 Å². The molecule has 0 saturated carbocycles. The van der Waals surface area contributed by atoms with E-state index in [1.165, 1.54) is 35.6 Å². The van der Waals surface area contributed by atoms with Crippen LogP contribution in [-0.2, 0) is 45.1 Å². The summed E-state index contributed by atoms with van der Waals surface area (Å²) in [5.41, 5.74) is 5.16. The van der Waals surface area contributed by atoms with Crippen LogP contribution in [0.3, 0.4) is 0 Å². The average molecular weight is 558 g/mol. The first-order valence-corrected chi connectivity index (χ1v) is 8.81. The van der Waals surface area contributed by atoms with Crippen molar-refractivity contribution in [1.29, 1.82) is 0 Å². The van der Waals surface area contributed by atoms with Crippen molar-refractivity contribution >= 4 is 10.8 Å². The van der Waals surface area contributed by atoms with Crippen LogP contribution >= 0.6 is 0 Å². The molecule has 0 aliphatic heterocycles. The number of hydrogen-bond donors (Lipinski definition) is 0. The maximum atomic E-state index is 2.47. The van der Waals surface area contributed by atoms with E-state index >= 15 is 0 Å². The van der Waals surface area contributed by atoms with E-state index in [4.69, 9.17) is 0 Å². The van der Waals surface area contributed by atoms with Gasteiger partial charge in [-0.25, -0.2) is 12.1 Å². The summed E-state index contributed by atoms with van der Waals surface area (Å²) in [6, 6.07) is 19.5. The summed E-state index contributed by atoms with van der Waals surface area (Å²) in [6.07, 6.45) is 3.68. The SMILES string of the molecule is CC(C)C[c-]1ccc2cc3c(cc21)CC(C)(C)C3.[CH3-].[CH3-].[CH3-].[CH3-].[CH3-].[Hf].c1cc[cH-]c1. The summed E-state index contributed by atoms with van der Waals surface area (Å²) in [5.74, 6) is 0.736. The minimum absolute atomic E-state index is 0. The van der Waals surface area contributed by atoms with Crippen molar-refractivity contribution in [2.75, 3.05) is 0 Å². The van der Waals surface area contributed by atoms with E-state index in [1.54, 1.807) is 11.1 Å². The largest absolute Gasteiger partial charge is 0.358 e. The maximum Gasteiger partial charge on any atom is 0 e. The molecule has 3 aromatic rings. The molecule has 166 valence electrons. The standard InChI is InChI=1S/C18H23.C5H5.5CH3.Hf/c1-12(2)7-13-5-6-14-8-15-10-18(3,4)11-16(15)9-17(13)14;1-2-4-5-3-1;;;;;;/h5-6,8-9,12H,7,10-11H2,1-4H3;1-5H;5*1H3;/q7*-1;. The Morgan fingerprint density at radius 2 is 1.45 bits per heavy atom. The van der Waals surface area contributed by atoms with Gasteiger partial charge in [-0.05, 0) is 18.3 Å². The van der Waals surface area contributed by atoms with E-state index in [-0.39, 0.29) is 63.0 Å². The van der Waals surface area contributed by atoms with Crippen molar-refractivity contribution in [2.45, 2.75) is 47.0 Å². The van der Waals surface area contributed by atoms with Crippen molar-refractivity contribution in [2.24, 2.45) is 11.3 Å². The molecule has 1 aliphatic rings. The summed E-state index contributed by atoms with van der Waals surface area (Å²) in [5, 5.41) is 2.95. The van der Waals surface area contributed by atoms with Crippen LogP contribution in [-0.4, -0.2) is 0 Å². The third kappa shape index (κ3) is 9.16. The first-order chi connectivity index (χ1) is 10.9. The second-order valence-electron chi connectivity index (χ2n) is 8.14. The van der Waals surface area contributed by atoms with E-state index in [9.17, 15) is 0 Å². The van der Waals surface area contributed by atoms with Gasteiger partial charge in [0.15, 0.2) is 0 Å². The average Bonchev–Trinajstić information content (AvgIpc) is 3.16. The van der Waals surface area contributed by atoms with Crippen LogP contribution in [0.25, 0.3) is 10.8 Å². The number of benzene rings is 1. The van der Waals surface area contributed by atoms with Crippen molar-refractivity contribution in [3.8, 4) is 0 Å². The Hall–Kier alpha value is -0.950. The molecule has 0 unspecified atom stereocenters. The minimum Gasteiger partial charge on any atom is -0.358 e. The van der Waals surface area contributed by atoms with Crippen LogP contribution in [0, 0.1) is 48.5 Å². The fourth-order valence-corrected chi connectivity index (χ4v) is 3.77. The molecular formula is C28H43Hf-7. The van der Waals surface area contributed by atoms with E-state index < -0.39 is 0 Å². The van der Waals surface area contributed by atoms with Crippen molar-refractivity contribution in [3.05, 3.63) is 108 Å². The summed E-state index contributed by atoms with van der Waals surface area (Å²) in [6.45, 7) is 9.37. The molecule has 29 heavy (non-hydrogen) atoms. The maximum absolute atomic E-state index is 2.47. The molecule has 3 aromatic carbocycles. The van der Waals surface area contributed by atoms with Crippen molar-refractivity contribution < 1.29 is 25.8 Å². The van der Waals surface area contributed by atoms with Gasteiger partial charge in [0, 0.05) is 25.8 Å². The second kappa shape index (κ2) is 14.9. The molecule has 0 heterocycles. The Morgan fingerprint density at radius 3 is 1.90 bits per heavy atom. The molecule has 1 heteroatoms. The summed E-state index contributed by atoms with van der Waals surface area (Å²) < 4.78 is 0. The molecule has 0 atom stereocenters. The van der Waals surface area contributed by atoms with Gasteiger partial charge in [0.2, 0.25) is 0 Å². The molecule has 4 rings (SSSR count). The van der Waals surface area contributed by atoms with Gasteiger partial charge in [-0.2, -0.15) is 24.3 Å². The third-order valence-corrected chi connectivity index (χ3v) is 4.70. The molecule has 0 N–H and O–H groups in total. The molecule has 0 bridgehead atoms. The van der Waals surface area contributed by atoms with Gasteiger partial charge >= 0.3 is 0 Å². The predicted octanol–water partition coefficient (Wildman–Crippen LogP) is 8.54. The van der Waals surface area contributed by atoms with Gasteiger partial charge < -0.3 is 37.1 Å². The zero-order valence-electron chi connectivity index (χ0n) is 20.4. The monoisotopic (exact) mass is 559 g/mol. The number of rotatable bonds is 2. The van der Waals surface area contributed by atoms with Gasteiger partial charge in [0.25, 0.3) is 0 Å². The molecule has 0 radical (unpaired) electrons. The van der Waals surface area contributed by atoms with Gasteiger partial charge in [-0.3, -0.25) is 0 Å². The number of fused-ring (bicyclic) bond motifs is 2. The first kappa shape index (κ1) is 35.5. The minimum atomic E-state index is 0. The van der Waals surface area contributed by atoms with Gasteiger partial charge in [-0.1, -0.05) is 51.2 Å². The summed E-state index contributed by atoms with van der Waals surface area (Å²) in [4.78, 5) is 0. The van der Waals surface area contributed by atoms with E-state index in [0.29, 0.717) is 5.41 Å². The van der Waals surface area contributed by atoms with Crippen molar-refractivity contribution in [3.63, 3.8) is 0 Å². The Labute approximate surface area is 202 Å². The second-order valence-corrected chi connectivity index (χ2v) is 8.14. The molecule has 0 amide bonds. The van der Waals surface area contributed by atoms with E-state index in [1.807, 2.05) is 30.3 Å². The predicted molar refractivity (Wildman–Crippen MR) is 133 cm³/mol. The first-order valence-electron chi connectivity index (χ1n) is 8.81. The Bertz CT molecular complexity index is 740. The molecule has 0 saturated heterocycles.